The minimum Gasteiger partial charge on any atom is -0.312 e. The van der Waals surface area contributed by atoms with Crippen molar-refractivity contribution in [3.63, 3.8) is 0 Å². The van der Waals surface area contributed by atoms with Gasteiger partial charge in [0.2, 0.25) is 0 Å². The zero-order valence-electron chi connectivity index (χ0n) is 11.8. The molecule has 0 fully saturated rings. The lowest BCUT2D eigenvalue weighted by molar-refractivity contribution is 0.597. The van der Waals surface area contributed by atoms with Crippen molar-refractivity contribution in [3.05, 3.63) is 45.9 Å². The van der Waals surface area contributed by atoms with E-state index in [0.717, 1.165) is 12.1 Å². The van der Waals surface area contributed by atoms with Crippen LogP contribution in [0.5, 0.6) is 0 Å². The van der Waals surface area contributed by atoms with Gasteiger partial charge in [0.05, 0.1) is 5.69 Å². The summed E-state index contributed by atoms with van der Waals surface area (Å²) in [6.07, 6.45) is 0. The highest BCUT2D eigenvalue weighted by atomic mass is 32.2. The average Bonchev–Trinajstić information content (AvgIpc) is 2.89. The van der Waals surface area contributed by atoms with Crippen molar-refractivity contribution < 1.29 is 12.8 Å². The molecular weight excluding hydrogens is 311 g/mol. The molecule has 4 nitrogen and oxygen atoms in total. The maximum Gasteiger partial charge on any atom is 0.263 e. The third-order valence-electron chi connectivity index (χ3n) is 2.90. The van der Waals surface area contributed by atoms with Crippen LogP contribution in [0.1, 0.15) is 17.4 Å². The lowest BCUT2D eigenvalue weighted by atomic mass is 10.2. The van der Waals surface area contributed by atoms with E-state index in [1.54, 1.807) is 18.4 Å². The number of rotatable bonds is 6. The standard InChI is InChI=1S/C14H17FN2O2S2/c1-3-16-9-13-14(6-7-20-13)21(18,19)17-12-5-4-10(2)8-11(12)15/h4-8,16-17H,3,9H2,1-2H3. The number of benzene rings is 1. The number of halogens is 1. The Morgan fingerprint density at radius 2 is 2.05 bits per heavy atom. The topological polar surface area (TPSA) is 58.2 Å². The summed E-state index contributed by atoms with van der Waals surface area (Å²) in [5.74, 6) is -0.581. The van der Waals surface area contributed by atoms with E-state index < -0.39 is 15.8 Å². The minimum atomic E-state index is -3.79. The Labute approximate surface area is 128 Å². The second-order valence-electron chi connectivity index (χ2n) is 4.58. The number of hydrogen-bond acceptors (Lipinski definition) is 4. The third-order valence-corrected chi connectivity index (χ3v) is 5.40. The summed E-state index contributed by atoms with van der Waals surface area (Å²) in [4.78, 5) is 0.894. The molecule has 114 valence electrons. The first-order chi connectivity index (χ1) is 9.94. The highest BCUT2D eigenvalue weighted by Gasteiger charge is 2.21. The highest BCUT2D eigenvalue weighted by molar-refractivity contribution is 7.93. The van der Waals surface area contributed by atoms with Gasteiger partial charge in [-0.25, -0.2) is 12.8 Å². The lowest BCUT2D eigenvalue weighted by Crippen LogP contribution is -2.17. The number of aryl methyl sites for hydroxylation is 1. The van der Waals surface area contributed by atoms with Crippen LogP contribution in [0, 0.1) is 12.7 Å². The van der Waals surface area contributed by atoms with Crippen LogP contribution in [0.15, 0.2) is 34.5 Å². The van der Waals surface area contributed by atoms with Gasteiger partial charge in [0.1, 0.15) is 10.7 Å². The minimum absolute atomic E-state index is 0.0406. The fraction of sp³-hybridized carbons (Fsp3) is 0.286. The van der Waals surface area contributed by atoms with Crippen LogP contribution in [-0.4, -0.2) is 15.0 Å². The van der Waals surface area contributed by atoms with Crippen LogP contribution in [0.3, 0.4) is 0 Å². The maximum absolute atomic E-state index is 13.8. The Morgan fingerprint density at radius 3 is 2.71 bits per heavy atom. The number of nitrogens with one attached hydrogen (secondary N) is 2. The zero-order valence-corrected chi connectivity index (χ0v) is 13.4. The number of thiophene rings is 1. The maximum atomic E-state index is 13.8. The Balaban J connectivity index is 2.28. The number of anilines is 1. The monoisotopic (exact) mass is 328 g/mol. The second-order valence-corrected chi connectivity index (χ2v) is 7.23. The normalized spacial score (nSPS) is 11.6. The van der Waals surface area contributed by atoms with Crippen LogP contribution in [-0.2, 0) is 16.6 Å². The molecule has 0 amide bonds. The average molecular weight is 328 g/mol. The molecule has 0 radical (unpaired) electrons. The van der Waals surface area contributed by atoms with E-state index in [1.807, 2.05) is 6.92 Å². The molecule has 1 heterocycles. The van der Waals surface area contributed by atoms with E-state index >= 15 is 0 Å². The van der Waals surface area contributed by atoms with Crippen molar-refractivity contribution >= 4 is 27.0 Å². The van der Waals surface area contributed by atoms with Gasteiger partial charge >= 0.3 is 0 Å². The van der Waals surface area contributed by atoms with Crippen molar-refractivity contribution in [3.8, 4) is 0 Å². The van der Waals surface area contributed by atoms with Gasteiger partial charge in [0.15, 0.2) is 0 Å². The lowest BCUT2D eigenvalue weighted by Gasteiger charge is -2.10. The van der Waals surface area contributed by atoms with Gasteiger partial charge in [-0.1, -0.05) is 13.0 Å². The summed E-state index contributed by atoms with van der Waals surface area (Å²) in [5, 5.41) is 4.80. The molecule has 0 unspecified atom stereocenters. The molecule has 7 heteroatoms. The first kappa shape index (κ1) is 15.9. The quantitative estimate of drug-likeness (QED) is 0.856. The van der Waals surface area contributed by atoms with Gasteiger partial charge < -0.3 is 5.32 Å². The van der Waals surface area contributed by atoms with E-state index in [9.17, 15) is 12.8 Å². The fourth-order valence-electron chi connectivity index (χ4n) is 1.84. The molecule has 0 saturated carbocycles. The Hall–Kier alpha value is -1.44. The summed E-state index contributed by atoms with van der Waals surface area (Å²) in [5.41, 5.74) is 0.694. The first-order valence-corrected chi connectivity index (χ1v) is 8.86. The molecule has 0 aliphatic heterocycles. The van der Waals surface area contributed by atoms with Crippen LogP contribution < -0.4 is 10.0 Å². The van der Waals surface area contributed by atoms with E-state index in [1.165, 1.54) is 29.5 Å². The predicted octanol–water partition coefficient (Wildman–Crippen LogP) is 3.11. The van der Waals surface area contributed by atoms with Gasteiger partial charge in [-0.3, -0.25) is 4.72 Å². The van der Waals surface area contributed by atoms with Crippen molar-refractivity contribution in [2.75, 3.05) is 11.3 Å². The molecular formula is C14H17FN2O2S2. The molecule has 2 aromatic rings. The van der Waals surface area contributed by atoms with E-state index in [0.29, 0.717) is 11.4 Å². The molecule has 2 rings (SSSR count). The van der Waals surface area contributed by atoms with Crippen LogP contribution >= 0.6 is 11.3 Å². The van der Waals surface area contributed by atoms with Crippen molar-refractivity contribution in [1.82, 2.24) is 5.32 Å². The van der Waals surface area contributed by atoms with E-state index in [2.05, 4.69) is 10.0 Å². The first-order valence-electron chi connectivity index (χ1n) is 6.50. The summed E-state index contributed by atoms with van der Waals surface area (Å²) in [7, 11) is -3.79. The van der Waals surface area contributed by atoms with Gasteiger partial charge in [-0.15, -0.1) is 11.3 Å². The molecule has 21 heavy (non-hydrogen) atoms. The van der Waals surface area contributed by atoms with Gasteiger partial charge in [-0.2, -0.15) is 0 Å². The molecule has 1 aromatic heterocycles. The van der Waals surface area contributed by atoms with Crippen LogP contribution in [0.2, 0.25) is 0 Å². The summed E-state index contributed by atoms with van der Waals surface area (Å²) < 4.78 is 40.9. The highest BCUT2D eigenvalue weighted by Crippen LogP contribution is 2.25. The van der Waals surface area contributed by atoms with Gasteiger partial charge in [0.25, 0.3) is 10.0 Å². The van der Waals surface area contributed by atoms with Crippen molar-refractivity contribution in [2.45, 2.75) is 25.3 Å². The number of hydrogen-bond donors (Lipinski definition) is 2. The smallest absolute Gasteiger partial charge is 0.263 e. The summed E-state index contributed by atoms with van der Waals surface area (Å²) >= 11 is 1.36. The van der Waals surface area contributed by atoms with Crippen LogP contribution in [0.25, 0.3) is 0 Å². The summed E-state index contributed by atoms with van der Waals surface area (Å²) in [6.45, 7) is 4.91. The Bertz CT molecular complexity index is 726. The van der Waals surface area contributed by atoms with E-state index in [4.69, 9.17) is 0 Å². The molecule has 0 atom stereocenters. The molecule has 0 saturated heterocycles. The largest absolute Gasteiger partial charge is 0.312 e. The Morgan fingerprint density at radius 1 is 1.29 bits per heavy atom. The molecule has 0 bridgehead atoms. The van der Waals surface area contributed by atoms with Crippen molar-refractivity contribution in [1.29, 1.82) is 0 Å². The molecule has 0 aliphatic rings. The predicted molar refractivity (Wildman–Crippen MR) is 83.6 cm³/mol. The zero-order chi connectivity index (χ0) is 15.5. The SMILES string of the molecule is CCNCc1sccc1S(=O)(=O)Nc1ccc(C)cc1F. The van der Waals surface area contributed by atoms with Crippen LogP contribution in [0.4, 0.5) is 10.1 Å². The third kappa shape index (κ3) is 3.81. The fourth-order valence-corrected chi connectivity index (χ4v) is 4.32. The second kappa shape index (κ2) is 6.55. The molecule has 1 aromatic carbocycles. The van der Waals surface area contributed by atoms with Crippen molar-refractivity contribution in [2.24, 2.45) is 0 Å². The van der Waals surface area contributed by atoms with Gasteiger partial charge in [-0.05, 0) is 42.6 Å². The van der Waals surface area contributed by atoms with Gasteiger partial charge in [0, 0.05) is 11.4 Å². The number of sulfonamides is 1. The summed E-state index contributed by atoms with van der Waals surface area (Å²) in [6, 6.07) is 5.92. The molecule has 0 spiro atoms. The molecule has 2 N–H and O–H groups in total. The Kier molecular flexibility index (Phi) is 4.97. The molecule has 0 aliphatic carbocycles. The van der Waals surface area contributed by atoms with E-state index in [-0.39, 0.29) is 10.6 Å².